The zero-order valence-corrected chi connectivity index (χ0v) is 65.6. The molecule has 4 atom stereocenters. The molecule has 0 bridgehead atoms. The number of quaternary nitrogens is 2. The third-order valence-electron chi connectivity index (χ3n) is 17.7. The molecule has 0 saturated carbocycles. The molecule has 4 unspecified atom stereocenters. The fourth-order valence-electron chi connectivity index (χ4n) is 11.5. The predicted octanol–water partition coefficient (Wildman–Crippen LogP) is 18.8. The minimum atomic E-state index is -4.12. The molecule has 0 fully saturated rings. The van der Waals surface area contributed by atoms with E-state index in [1.54, 1.807) is 24.3 Å². The van der Waals surface area contributed by atoms with E-state index in [1.165, 1.54) is 89.9 Å². The summed E-state index contributed by atoms with van der Waals surface area (Å²) < 4.78 is 72.0. The second-order valence-corrected chi connectivity index (χ2v) is 33.5. The van der Waals surface area contributed by atoms with E-state index in [2.05, 4.69) is 13.8 Å². The zero-order chi connectivity index (χ0) is 73.4. The lowest BCUT2D eigenvalue weighted by atomic mass is 10.0. The second kappa shape index (κ2) is 57.2. The summed E-state index contributed by atoms with van der Waals surface area (Å²) in [6.07, 6.45) is 38.7. The number of hydrogen-bond donors (Lipinski definition) is 2. The van der Waals surface area contributed by atoms with Crippen molar-refractivity contribution in [2.45, 2.75) is 296 Å². The highest BCUT2D eigenvalue weighted by atomic mass is 31.2. The average molecular weight is 1450 g/mol. The Bertz CT molecular complexity index is 2350. The highest BCUT2D eigenvalue weighted by molar-refractivity contribution is 7.53. The van der Waals surface area contributed by atoms with E-state index in [0.29, 0.717) is 83.6 Å². The molecular weight excluding hydrogens is 1310 g/mol. The summed E-state index contributed by atoms with van der Waals surface area (Å²) in [6.45, 7) is 6.21. The van der Waals surface area contributed by atoms with Gasteiger partial charge < -0.3 is 56.2 Å². The van der Waals surface area contributed by atoms with Gasteiger partial charge in [-0.2, -0.15) is 0 Å². The van der Waals surface area contributed by atoms with Gasteiger partial charge in [-0.3, -0.25) is 33.1 Å². The average Bonchev–Trinajstić information content (AvgIpc) is 0.867. The normalized spacial score (nSPS) is 13.6. The minimum Gasteiger partial charge on any atom is -0.494 e. The Morgan fingerprint density at radius 3 is 0.870 bits per heavy atom. The van der Waals surface area contributed by atoms with Crippen molar-refractivity contribution in [3.63, 3.8) is 0 Å². The lowest BCUT2D eigenvalue weighted by Gasteiger charge is -2.25. The topological polar surface area (TPSA) is 234 Å². The Morgan fingerprint density at radius 1 is 0.350 bits per heavy atom. The van der Waals surface area contributed by atoms with Crippen LogP contribution in [0.4, 0.5) is 0 Å². The van der Waals surface area contributed by atoms with E-state index in [-0.39, 0.29) is 57.9 Å². The molecule has 0 aliphatic carbocycles. The summed E-state index contributed by atoms with van der Waals surface area (Å²) in [5, 5.41) is 0. The zero-order valence-electron chi connectivity index (χ0n) is 63.9. The highest BCUT2D eigenvalue weighted by Gasteiger charge is 2.32. The highest BCUT2D eigenvalue weighted by Crippen LogP contribution is 2.44. The van der Waals surface area contributed by atoms with Crippen LogP contribution in [0.25, 0.3) is 0 Å². The van der Waals surface area contributed by atoms with E-state index >= 15 is 0 Å². The number of unbranched alkanes of at least 4 members (excludes halogenated alkanes) is 34. The van der Waals surface area contributed by atoms with Crippen LogP contribution in [0.1, 0.15) is 299 Å². The van der Waals surface area contributed by atoms with Crippen molar-refractivity contribution in [3.05, 3.63) is 59.7 Å². The summed E-state index contributed by atoms with van der Waals surface area (Å²) in [6, 6.07) is 14.5. The molecule has 19 nitrogen and oxygen atoms in total. The number of rotatable bonds is 68. The quantitative estimate of drug-likeness (QED) is 0.0156. The van der Waals surface area contributed by atoms with Crippen molar-refractivity contribution in [1.29, 1.82) is 0 Å². The number of carbonyl (C=O) groups excluding carboxylic acids is 5. The fraction of sp³-hybridized carbons (Fsp3) is 0.785. The Morgan fingerprint density at radius 2 is 0.600 bits per heavy atom. The van der Waals surface area contributed by atoms with E-state index in [0.717, 1.165) is 128 Å². The van der Waals surface area contributed by atoms with Crippen LogP contribution in [0.2, 0.25) is 0 Å². The molecule has 0 aliphatic rings. The molecule has 576 valence electrons. The summed E-state index contributed by atoms with van der Waals surface area (Å²) in [4.78, 5) is 85.6. The lowest BCUT2D eigenvalue weighted by Crippen LogP contribution is -2.37. The van der Waals surface area contributed by atoms with Crippen LogP contribution in [-0.2, 0) is 56.3 Å². The largest absolute Gasteiger partial charge is 0.494 e. The van der Waals surface area contributed by atoms with Crippen molar-refractivity contribution in [2.75, 3.05) is 107 Å². The van der Waals surface area contributed by atoms with Gasteiger partial charge in [-0.1, -0.05) is 219 Å². The number of nitrogens with zero attached hydrogens (tertiary/aromatic N) is 2. The van der Waals surface area contributed by atoms with E-state index in [9.17, 15) is 42.9 Å². The van der Waals surface area contributed by atoms with Crippen LogP contribution in [0.3, 0.4) is 0 Å². The third kappa shape index (κ3) is 54.5. The molecule has 0 saturated heterocycles. The standard InChI is InChI=1S/C79H138N2O17P2/c1-9-11-13-15-17-19-21-23-29-35-41-47-75(82)93-65-73(67-99(87,88)95-63-59-80(3,4)5)97-77(84)49-43-37-31-25-27-33-39-45-61-91-71-55-51-69(52-56-71)79(86)70-53-57-72(58-54-70)92-62-46-40-34-28-26-32-38-44-50-78(85)98-74(68-100(89,90)96-64-60-81(6,7)8)66-94-76(83)48-42-36-30-24-22-20-18-16-14-12-10-2/h51-58,73-74H,9-50,59-68H2,1-8H3/p+2. The van der Waals surface area contributed by atoms with Gasteiger partial charge in [0, 0.05) is 36.8 Å². The molecular formula is C79H140N2O17P2+2. The maximum Gasteiger partial charge on any atom is 0.332 e. The van der Waals surface area contributed by atoms with Crippen molar-refractivity contribution in [3.8, 4) is 11.5 Å². The van der Waals surface area contributed by atoms with Gasteiger partial charge in [-0.05, 0) is 87.1 Å². The minimum absolute atomic E-state index is 0.0648. The van der Waals surface area contributed by atoms with Gasteiger partial charge in [-0.25, -0.2) is 0 Å². The molecule has 0 radical (unpaired) electrons. The van der Waals surface area contributed by atoms with Crippen LogP contribution in [0.15, 0.2) is 48.5 Å². The van der Waals surface area contributed by atoms with Gasteiger partial charge in [-0.15, -0.1) is 0 Å². The Labute approximate surface area is 605 Å². The van der Waals surface area contributed by atoms with E-state index < -0.39 is 63.6 Å². The van der Waals surface area contributed by atoms with E-state index in [4.69, 9.17) is 37.5 Å². The van der Waals surface area contributed by atoms with Gasteiger partial charge in [0.15, 0.2) is 5.78 Å². The van der Waals surface area contributed by atoms with Crippen molar-refractivity contribution >= 4 is 44.9 Å². The van der Waals surface area contributed by atoms with Gasteiger partial charge >= 0.3 is 39.1 Å². The SMILES string of the molecule is CCCCCCCCCCCCCC(=O)OCC(CP(=O)(O)OCC[N+](C)(C)C)OC(=O)CCCCCCCCCCOc1ccc(C(=O)c2ccc(OCCCCCCCCCCC(=O)OC(COC(=O)CCCCCCCCCCCCC)CP(=O)(O)OCC[N+](C)(C)C)cc2)cc1. The lowest BCUT2D eigenvalue weighted by molar-refractivity contribution is -0.870. The van der Waals surface area contributed by atoms with Crippen LogP contribution in [0.5, 0.6) is 11.5 Å². The molecule has 21 heteroatoms. The molecule has 2 N–H and O–H groups in total. The molecule has 0 aliphatic heterocycles. The predicted molar refractivity (Wildman–Crippen MR) is 401 cm³/mol. The molecule has 0 spiro atoms. The molecule has 0 heterocycles. The van der Waals surface area contributed by atoms with Crippen LogP contribution in [-0.4, -0.2) is 168 Å². The first-order chi connectivity index (χ1) is 47.9. The van der Waals surface area contributed by atoms with E-state index in [1.807, 2.05) is 66.6 Å². The number of likely N-dealkylation sites (N-methyl/N-ethyl adjacent to an activating group) is 2. The Hall–Kier alpha value is -4.19. The molecule has 2 aromatic rings. The number of hydrogen-bond acceptors (Lipinski definition) is 15. The van der Waals surface area contributed by atoms with Gasteiger partial charge in [0.05, 0.1) is 67.8 Å². The summed E-state index contributed by atoms with van der Waals surface area (Å²) in [5.74, 6) is -0.424. The molecule has 0 aromatic heterocycles. The monoisotopic (exact) mass is 1450 g/mol. The number of benzene rings is 2. The molecule has 100 heavy (non-hydrogen) atoms. The first-order valence-electron chi connectivity index (χ1n) is 39.1. The summed E-state index contributed by atoms with van der Waals surface area (Å²) in [5.41, 5.74) is 1.15. The molecule has 0 amide bonds. The maximum absolute atomic E-state index is 13.3. The smallest absolute Gasteiger partial charge is 0.332 e. The Balaban J connectivity index is 1.59. The van der Waals surface area contributed by atoms with Crippen molar-refractivity contribution < 1.29 is 89.3 Å². The molecule has 2 rings (SSSR count). The number of esters is 4. The fourth-order valence-corrected chi connectivity index (χ4v) is 13.8. The maximum atomic E-state index is 13.3. The van der Waals surface area contributed by atoms with Gasteiger partial charge in [0.2, 0.25) is 0 Å². The van der Waals surface area contributed by atoms with Gasteiger partial charge in [0.25, 0.3) is 0 Å². The first kappa shape index (κ1) is 91.9. The second-order valence-electron chi connectivity index (χ2n) is 29.7. The van der Waals surface area contributed by atoms with Gasteiger partial charge in [0.1, 0.15) is 63.2 Å². The van der Waals surface area contributed by atoms with Crippen LogP contribution < -0.4 is 9.47 Å². The summed E-state index contributed by atoms with van der Waals surface area (Å²) >= 11 is 0. The number of carbonyl (C=O) groups is 5. The van der Waals surface area contributed by atoms with Crippen LogP contribution >= 0.6 is 15.2 Å². The van der Waals surface area contributed by atoms with Crippen molar-refractivity contribution in [2.24, 2.45) is 0 Å². The first-order valence-corrected chi connectivity index (χ1v) is 42.7. The number of ether oxygens (including phenoxy) is 6. The van der Waals surface area contributed by atoms with Crippen molar-refractivity contribution in [1.82, 2.24) is 0 Å². The molecule has 2 aromatic carbocycles. The number of ketones is 1. The third-order valence-corrected chi connectivity index (χ3v) is 20.6. The summed E-state index contributed by atoms with van der Waals surface area (Å²) in [7, 11) is 3.51. The Kier molecular flexibility index (Phi) is 52.5. The van der Waals surface area contributed by atoms with Crippen LogP contribution in [0, 0.1) is 0 Å².